The number of amides is 1. The van der Waals surface area contributed by atoms with Crippen molar-refractivity contribution in [2.24, 2.45) is 7.05 Å². The molecular formula is C19H21BrN6O3. The fraction of sp³-hybridized carbons (Fsp3) is 0.421. The van der Waals surface area contributed by atoms with Gasteiger partial charge in [-0.25, -0.2) is 9.78 Å². The van der Waals surface area contributed by atoms with Crippen molar-refractivity contribution in [1.82, 2.24) is 24.6 Å². The summed E-state index contributed by atoms with van der Waals surface area (Å²) >= 11 is 3.76. The van der Waals surface area contributed by atoms with E-state index in [0.717, 1.165) is 45.5 Å². The second-order valence-corrected chi connectivity index (χ2v) is 8.08. The number of rotatable bonds is 3. The number of nitrogens with one attached hydrogen (secondary N) is 1. The van der Waals surface area contributed by atoms with Gasteiger partial charge in [-0.15, -0.1) is 0 Å². The molecule has 1 N–H and O–H groups in total. The molecule has 9 nitrogen and oxygen atoms in total. The van der Waals surface area contributed by atoms with Gasteiger partial charge in [0.2, 0.25) is 0 Å². The van der Waals surface area contributed by atoms with E-state index in [0.29, 0.717) is 26.3 Å². The third kappa shape index (κ3) is 3.36. The van der Waals surface area contributed by atoms with Crippen LogP contribution in [0.4, 0.5) is 10.5 Å². The Morgan fingerprint density at radius 3 is 2.76 bits per heavy atom. The largest absolute Gasteiger partial charge is 0.441 e. The van der Waals surface area contributed by atoms with Crippen molar-refractivity contribution >= 4 is 38.7 Å². The van der Waals surface area contributed by atoms with E-state index >= 15 is 0 Å². The molecule has 2 aliphatic rings. The fourth-order valence-corrected chi connectivity index (χ4v) is 4.42. The van der Waals surface area contributed by atoms with E-state index in [-0.39, 0.29) is 12.2 Å². The summed E-state index contributed by atoms with van der Waals surface area (Å²) in [6.07, 6.45) is 5.26. The Balaban J connectivity index is 1.37. The first kappa shape index (κ1) is 18.4. The van der Waals surface area contributed by atoms with Crippen molar-refractivity contribution in [3.05, 3.63) is 29.1 Å². The van der Waals surface area contributed by atoms with Crippen LogP contribution in [-0.2, 0) is 16.5 Å². The number of halogens is 1. The first-order valence-electron chi connectivity index (χ1n) is 9.53. The highest BCUT2D eigenvalue weighted by molar-refractivity contribution is 9.10. The number of carbonyl (C=O) groups excluding carboxylic acids is 1. The minimum absolute atomic E-state index is 0.0953. The summed E-state index contributed by atoms with van der Waals surface area (Å²) in [5, 5.41) is 5.30. The molecule has 5 rings (SSSR count). The van der Waals surface area contributed by atoms with Gasteiger partial charge in [0.25, 0.3) is 0 Å². The van der Waals surface area contributed by atoms with Crippen LogP contribution in [0.15, 0.2) is 29.1 Å². The Hall–Kier alpha value is -2.59. The van der Waals surface area contributed by atoms with E-state index in [1.807, 2.05) is 31.7 Å². The smallest absolute Gasteiger partial charge is 0.410 e. The van der Waals surface area contributed by atoms with Gasteiger partial charge in [-0.3, -0.25) is 4.68 Å². The van der Waals surface area contributed by atoms with Crippen LogP contribution in [0.2, 0.25) is 0 Å². The number of hydrogen-bond donors (Lipinski definition) is 1. The van der Waals surface area contributed by atoms with Gasteiger partial charge in [0.1, 0.15) is 5.65 Å². The Morgan fingerprint density at radius 2 is 2.10 bits per heavy atom. The van der Waals surface area contributed by atoms with Crippen LogP contribution in [0.1, 0.15) is 0 Å². The van der Waals surface area contributed by atoms with Gasteiger partial charge in [0.15, 0.2) is 6.10 Å². The summed E-state index contributed by atoms with van der Waals surface area (Å²) in [6, 6.07) is 2.02. The van der Waals surface area contributed by atoms with Gasteiger partial charge in [-0.1, -0.05) is 0 Å². The van der Waals surface area contributed by atoms with Crippen molar-refractivity contribution in [3.8, 4) is 11.3 Å². The van der Waals surface area contributed by atoms with Crippen molar-refractivity contribution in [3.63, 3.8) is 0 Å². The highest BCUT2D eigenvalue weighted by atomic mass is 79.9. The first-order valence-corrected chi connectivity index (χ1v) is 10.3. The zero-order chi connectivity index (χ0) is 20.0. The molecule has 0 saturated carbocycles. The van der Waals surface area contributed by atoms with Crippen LogP contribution in [-0.4, -0.2) is 76.2 Å². The summed E-state index contributed by atoms with van der Waals surface area (Å²) in [4.78, 5) is 24.2. The Morgan fingerprint density at radius 1 is 1.31 bits per heavy atom. The number of aromatic amines is 1. The van der Waals surface area contributed by atoms with E-state index in [2.05, 4.69) is 35.9 Å². The maximum Gasteiger partial charge on any atom is 0.410 e. The average Bonchev–Trinajstić information content (AvgIpc) is 3.28. The monoisotopic (exact) mass is 460 g/mol. The summed E-state index contributed by atoms with van der Waals surface area (Å²) in [7, 11) is 1.90. The predicted octanol–water partition coefficient (Wildman–Crippen LogP) is 2.38. The van der Waals surface area contributed by atoms with Crippen LogP contribution in [0.25, 0.3) is 22.3 Å². The molecule has 152 valence electrons. The maximum absolute atomic E-state index is 12.3. The fourth-order valence-electron chi connectivity index (χ4n) is 3.70. The number of aryl methyl sites for hydroxylation is 1. The molecule has 0 aromatic carbocycles. The zero-order valence-corrected chi connectivity index (χ0v) is 17.6. The number of aromatic nitrogens is 4. The van der Waals surface area contributed by atoms with E-state index in [1.165, 1.54) is 0 Å². The molecule has 1 amide bonds. The summed E-state index contributed by atoms with van der Waals surface area (Å²) < 4.78 is 13.2. The van der Waals surface area contributed by atoms with Crippen molar-refractivity contribution < 1.29 is 14.3 Å². The normalized spacial score (nSPS) is 17.6. The SMILES string of the molecule is Cn1cc(-c2[nH]c3nccc(N4CCN(C(=O)OC5COC5)CC4)c3c2Br)cn1. The number of anilines is 1. The molecule has 3 aromatic rings. The Labute approximate surface area is 175 Å². The van der Waals surface area contributed by atoms with Gasteiger partial charge in [0, 0.05) is 51.2 Å². The maximum atomic E-state index is 12.3. The Bertz CT molecular complexity index is 1050. The van der Waals surface area contributed by atoms with E-state index in [9.17, 15) is 4.79 Å². The molecule has 3 aromatic heterocycles. The molecule has 10 heteroatoms. The molecule has 2 fully saturated rings. The topological polar surface area (TPSA) is 88.5 Å². The molecule has 0 aliphatic carbocycles. The molecule has 0 spiro atoms. The van der Waals surface area contributed by atoms with Gasteiger partial charge < -0.3 is 24.3 Å². The highest BCUT2D eigenvalue weighted by Crippen LogP contribution is 2.39. The van der Waals surface area contributed by atoms with Crippen LogP contribution in [0.3, 0.4) is 0 Å². The number of ether oxygens (including phenoxy) is 2. The van der Waals surface area contributed by atoms with Crippen LogP contribution >= 0.6 is 15.9 Å². The molecule has 5 heterocycles. The molecule has 0 unspecified atom stereocenters. The third-order valence-electron chi connectivity index (χ3n) is 5.36. The average molecular weight is 461 g/mol. The van der Waals surface area contributed by atoms with Gasteiger partial charge in [0.05, 0.1) is 40.7 Å². The lowest BCUT2D eigenvalue weighted by atomic mass is 10.2. The van der Waals surface area contributed by atoms with E-state index < -0.39 is 0 Å². The number of nitrogens with zero attached hydrogens (tertiary/aromatic N) is 5. The van der Waals surface area contributed by atoms with Crippen LogP contribution in [0, 0.1) is 0 Å². The lowest BCUT2D eigenvalue weighted by molar-refractivity contribution is -0.104. The second kappa shape index (κ2) is 7.34. The predicted molar refractivity (Wildman–Crippen MR) is 111 cm³/mol. The van der Waals surface area contributed by atoms with Gasteiger partial charge in [-0.2, -0.15) is 5.10 Å². The standard InChI is InChI=1S/C19H21BrN6O3/c1-24-9-12(8-22-24)17-16(20)15-14(2-3-21-18(15)23-17)25-4-6-26(7-5-25)19(27)29-13-10-28-11-13/h2-3,8-9,13H,4-7,10-11H2,1H3,(H,21,23). The first-order chi connectivity index (χ1) is 14.1. The third-order valence-corrected chi connectivity index (χ3v) is 6.15. The quantitative estimate of drug-likeness (QED) is 0.645. The molecule has 0 radical (unpaired) electrons. The number of pyridine rings is 1. The van der Waals surface area contributed by atoms with E-state index in [4.69, 9.17) is 9.47 Å². The van der Waals surface area contributed by atoms with Crippen molar-refractivity contribution in [2.75, 3.05) is 44.3 Å². The minimum Gasteiger partial charge on any atom is -0.441 e. The van der Waals surface area contributed by atoms with Gasteiger partial charge in [-0.05, 0) is 22.0 Å². The molecule has 2 saturated heterocycles. The number of H-pyrrole nitrogens is 1. The zero-order valence-electron chi connectivity index (χ0n) is 16.0. The summed E-state index contributed by atoms with van der Waals surface area (Å²) in [6.45, 7) is 3.70. The number of piperazine rings is 1. The number of carbonyl (C=O) groups is 1. The summed E-state index contributed by atoms with van der Waals surface area (Å²) in [5.74, 6) is 0. The number of fused-ring (bicyclic) bond motifs is 1. The molecule has 0 bridgehead atoms. The Kier molecular flexibility index (Phi) is 4.67. The highest BCUT2D eigenvalue weighted by Gasteiger charge is 2.29. The van der Waals surface area contributed by atoms with Crippen molar-refractivity contribution in [1.29, 1.82) is 0 Å². The molecule has 0 atom stereocenters. The van der Waals surface area contributed by atoms with Crippen LogP contribution in [0.5, 0.6) is 0 Å². The minimum atomic E-state index is -0.250. The molecular weight excluding hydrogens is 440 g/mol. The summed E-state index contributed by atoms with van der Waals surface area (Å²) in [5.41, 5.74) is 3.86. The lowest BCUT2D eigenvalue weighted by Gasteiger charge is -2.37. The van der Waals surface area contributed by atoms with E-state index in [1.54, 1.807) is 9.58 Å². The number of hydrogen-bond acceptors (Lipinski definition) is 6. The van der Waals surface area contributed by atoms with Gasteiger partial charge >= 0.3 is 6.09 Å². The second-order valence-electron chi connectivity index (χ2n) is 7.29. The van der Waals surface area contributed by atoms with Crippen LogP contribution < -0.4 is 4.90 Å². The molecule has 2 aliphatic heterocycles. The van der Waals surface area contributed by atoms with Crippen molar-refractivity contribution in [2.45, 2.75) is 6.10 Å². The lowest BCUT2D eigenvalue weighted by Crippen LogP contribution is -2.51. The molecule has 29 heavy (non-hydrogen) atoms.